The molecule has 0 atom stereocenters. The number of esters is 4. The van der Waals surface area contributed by atoms with Gasteiger partial charge in [0.15, 0.2) is 13.2 Å². The zero-order valence-electron chi connectivity index (χ0n) is 31.4. The molecular formula is C40H64O8. The molecule has 0 spiro atoms. The van der Waals surface area contributed by atoms with Crippen molar-refractivity contribution < 1.29 is 38.1 Å². The molecule has 0 saturated heterocycles. The summed E-state index contributed by atoms with van der Waals surface area (Å²) in [6.07, 6.45) is 14.0. The molecule has 0 N–H and O–H groups in total. The highest BCUT2D eigenvalue weighted by molar-refractivity contribution is 5.81. The van der Waals surface area contributed by atoms with Crippen LogP contribution in [0.15, 0.2) is 0 Å². The van der Waals surface area contributed by atoms with E-state index in [1.54, 1.807) is 13.8 Å². The minimum absolute atomic E-state index is 0.0335. The molecule has 8 fully saturated rings. The van der Waals surface area contributed by atoms with E-state index in [9.17, 15) is 19.2 Å². The first kappa shape index (κ1) is 37.1. The van der Waals surface area contributed by atoms with Gasteiger partial charge in [0.05, 0.1) is 10.8 Å². The number of ether oxygens (including phenoxy) is 4. The maximum atomic E-state index is 12.8. The van der Waals surface area contributed by atoms with E-state index in [0.29, 0.717) is 36.0 Å². The maximum Gasteiger partial charge on any atom is 0.344 e. The SMILES string of the molecule is CCC(C)(C)C(=O)OC1(C(C)C)C2CC3CC(C2)CC1C3.CCC(C)(C)C(=O)OCC(=O)OCC(=O)OC1(C)C2CC3CC(C2)CC1C3. The van der Waals surface area contributed by atoms with E-state index in [1.807, 2.05) is 20.8 Å². The van der Waals surface area contributed by atoms with Gasteiger partial charge >= 0.3 is 23.9 Å². The van der Waals surface area contributed by atoms with Crippen molar-refractivity contribution >= 4 is 23.9 Å². The molecule has 0 amide bonds. The Kier molecular flexibility index (Phi) is 10.7. The van der Waals surface area contributed by atoms with Crippen molar-refractivity contribution in [2.45, 2.75) is 151 Å². The van der Waals surface area contributed by atoms with Crippen molar-refractivity contribution in [3.8, 4) is 0 Å². The lowest BCUT2D eigenvalue weighted by molar-refractivity contribution is -0.231. The molecule has 8 rings (SSSR count). The van der Waals surface area contributed by atoms with Gasteiger partial charge in [0, 0.05) is 0 Å². The Morgan fingerprint density at radius 1 is 0.583 bits per heavy atom. The van der Waals surface area contributed by atoms with Crippen molar-refractivity contribution in [1.29, 1.82) is 0 Å². The van der Waals surface area contributed by atoms with Gasteiger partial charge in [0.1, 0.15) is 11.2 Å². The quantitative estimate of drug-likeness (QED) is 0.160. The zero-order valence-corrected chi connectivity index (χ0v) is 31.4. The van der Waals surface area contributed by atoms with E-state index in [-0.39, 0.29) is 17.0 Å². The summed E-state index contributed by atoms with van der Waals surface area (Å²) >= 11 is 0. The second kappa shape index (κ2) is 13.9. The fraction of sp³-hybridized carbons (Fsp3) is 0.900. The zero-order chi connectivity index (χ0) is 35.2. The van der Waals surface area contributed by atoms with Gasteiger partial charge in [0.25, 0.3) is 0 Å². The predicted molar refractivity (Wildman–Crippen MR) is 182 cm³/mol. The van der Waals surface area contributed by atoms with Crippen LogP contribution in [0.1, 0.15) is 139 Å². The maximum absolute atomic E-state index is 12.8. The molecule has 0 unspecified atom stereocenters. The summed E-state index contributed by atoms with van der Waals surface area (Å²) < 4.78 is 22.2. The Bertz CT molecular complexity index is 1160. The molecule has 0 aromatic rings. The molecule has 0 aromatic heterocycles. The lowest BCUT2D eigenvalue weighted by atomic mass is 9.47. The van der Waals surface area contributed by atoms with E-state index < -0.39 is 42.1 Å². The fourth-order valence-corrected chi connectivity index (χ4v) is 10.8. The average Bonchev–Trinajstić information content (AvgIpc) is 3.02. The molecule has 8 saturated carbocycles. The van der Waals surface area contributed by atoms with Crippen LogP contribution in [-0.2, 0) is 38.1 Å². The number of hydrogen-bond donors (Lipinski definition) is 0. The molecule has 0 aromatic carbocycles. The Balaban J connectivity index is 0.000000194. The molecule has 0 aliphatic heterocycles. The molecule has 8 heteroatoms. The van der Waals surface area contributed by atoms with Gasteiger partial charge in [-0.15, -0.1) is 0 Å². The second-order valence-electron chi connectivity index (χ2n) is 18.4. The third-order valence-corrected chi connectivity index (χ3v) is 14.2. The van der Waals surface area contributed by atoms with E-state index >= 15 is 0 Å². The van der Waals surface area contributed by atoms with Gasteiger partial charge in [-0.3, -0.25) is 9.59 Å². The summed E-state index contributed by atoms with van der Waals surface area (Å²) in [4.78, 5) is 48.7. The molecule has 8 aliphatic rings. The van der Waals surface area contributed by atoms with Crippen LogP contribution in [0.5, 0.6) is 0 Å². The van der Waals surface area contributed by atoms with Crippen molar-refractivity contribution in [3.63, 3.8) is 0 Å². The Morgan fingerprint density at radius 3 is 1.40 bits per heavy atom. The van der Waals surface area contributed by atoms with Crippen molar-refractivity contribution in [3.05, 3.63) is 0 Å². The first-order valence-electron chi connectivity index (χ1n) is 19.2. The Labute approximate surface area is 289 Å². The van der Waals surface area contributed by atoms with Gasteiger partial charge in [-0.25, -0.2) is 9.59 Å². The number of rotatable bonds is 11. The third kappa shape index (κ3) is 7.20. The average molecular weight is 673 g/mol. The summed E-state index contributed by atoms with van der Waals surface area (Å²) in [7, 11) is 0. The summed E-state index contributed by atoms with van der Waals surface area (Å²) in [5.74, 6) is 4.25. The monoisotopic (exact) mass is 672 g/mol. The van der Waals surface area contributed by atoms with Crippen LogP contribution >= 0.6 is 0 Å². The van der Waals surface area contributed by atoms with Crippen LogP contribution in [0, 0.1) is 64.1 Å². The first-order chi connectivity index (χ1) is 22.4. The highest BCUT2D eigenvalue weighted by Gasteiger charge is 2.61. The highest BCUT2D eigenvalue weighted by atomic mass is 16.6. The van der Waals surface area contributed by atoms with E-state index in [1.165, 1.54) is 38.5 Å². The predicted octanol–water partition coefficient (Wildman–Crippen LogP) is 8.08. The van der Waals surface area contributed by atoms with Crippen LogP contribution in [0.4, 0.5) is 0 Å². The van der Waals surface area contributed by atoms with Crippen LogP contribution in [-0.4, -0.2) is 48.3 Å². The summed E-state index contributed by atoms with van der Waals surface area (Å²) in [5, 5.41) is 0. The topological polar surface area (TPSA) is 105 Å². The molecule has 0 heterocycles. The van der Waals surface area contributed by atoms with Gasteiger partial charge in [0.2, 0.25) is 0 Å². The van der Waals surface area contributed by atoms with Gasteiger partial charge in [-0.2, -0.15) is 0 Å². The van der Waals surface area contributed by atoms with Crippen LogP contribution < -0.4 is 0 Å². The number of hydrogen-bond acceptors (Lipinski definition) is 8. The first-order valence-corrected chi connectivity index (χ1v) is 19.2. The van der Waals surface area contributed by atoms with E-state index in [0.717, 1.165) is 55.8 Å². The molecule has 272 valence electrons. The fourth-order valence-electron chi connectivity index (χ4n) is 10.8. The minimum Gasteiger partial charge on any atom is -0.458 e. The highest BCUT2D eigenvalue weighted by Crippen LogP contribution is 2.62. The molecule has 8 aliphatic carbocycles. The molecule has 0 radical (unpaired) electrons. The van der Waals surface area contributed by atoms with E-state index in [4.69, 9.17) is 18.9 Å². The summed E-state index contributed by atoms with van der Waals surface area (Å²) in [5.41, 5.74) is -1.60. The van der Waals surface area contributed by atoms with Crippen LogP contribution in [0.2, 0.25) is 0 Å². The van der Waals surface area contributed by atoms with Gasteiger partial charge in [-0.05, 0) is 165 Å². The van der Waals surface area contributed by atoms with E-state index in [2.05, 4.69) is 27.7 Å². The van der Waals surface area contributed by atoms with Gasteiger partial charge < -0.3 is 18.9 Å². The van der Waals surface area contributed by atoms with Crippen molar-refractivity contribution in [1.82, 2.24) is 0 Å². The van der Waals surface area contributed by atoms with Crippen molar-refractivity contribution in [2.75, 3.05) is 13.2 Å². The molecule has 8 bridgehead atoms. The lowest BCUT2D eigenvalue weighted by Crippen LogP contribution is -2.63. The minimum atomic E-state index is -0.734. The van der Waals surface area contributed by atoms with Crippen LogP contribution in [0.3, 0.4) is 0 Å². The summed E-state index contributed by atoms with van der Waals surface area (Å²) in [6, 6.07) is 0. The van der Waals surface area contributed by atoms with Gasteiger partial charge in [-0.1, -0.05) is 27.7 Å². The number of carbonyl (C=O) groups excluding carboxylic acids is 4. The normalized spacial score (nSPS) is 37.5. The molecular weight excluding hydrogens is 608 g/mol. The number of carbonyl (C=O) groups is 4. The second-order valence-corrected chi connectivity index (χ2v) is 18.4. The summed E-state index contributed by atoms with van der Waals surface area (Å²) in [6.45, 7) is 17.2. The largest absolute Gasteiger partial charge is 0.458 e. The van der Waals surface area contributed by atoms with Crippen LogP contribution in [0.25, 0.3) is 0 Å². The Morgan fingerprint density at radius 2 is 0.979 bits per heavy atom. The third-order valence-electron chi connectivity index (χ3n) is 14.2. The standard InChI is InChI=1S/C21H32O6.C19H32O2/c1-5-20(2,3)19(24)26-11-17(22)25-12-18(23)27-21(4)15-7-13-6-14(9-15)10-16(21)8-13;1-6-18(4,5)17(20)21-19(12(2)3)15-8-13-7-14(10-15)11-16(19)9-13/h13-16H,5-12H2,1-4H3;12-16H,6-11H2,1-5H3. The van der Waals surface area contributed by atoms with Crippen molar-refractivity contribution in [2.24, 2.45) is 64.1 Å². The molecule has 8 nitrogen and oxygen atoms in total. The molecule has 48 heavy (non-hydrogen) atoms. The Hall–Kier alpha value is -2.12. The lowest BCUT2D eigenvalue weighted by Gasteiger charge is -2.62. The smallest absolute Gasteiger partial charge is 0.344 e.